The first-order chi connectivity index (χ1) is 14.6. The number of benzene rings is 1. The Morgan fingerprint density at radius 2 is 2.06 bits per heavy atom. The van der Waals surface area contributed by atoms with Gasteiger partial charge in [-0.05, 0) is 24.3 Å². The molecule has 0 radical (unpaired) electrons. The Morgan fingerprint density at radius 1 is 1.29 bits per heavy atom. The van der Waals surface area contributed by atoms with Crippen LogP contribution < -0.4 is 5.32 Å². The summed E-state index contributed by atoms with van der Waals surface area (Å²) in [6.45, 7) is 4.13. The highest BCUT2D eigenvalue weighted by molar-refractivity contribution is 5.99. The summed E-state index contributed by atoms with van der Waals surface area (Å²) in [6.07, 6.45) is -2.56. The van der Waals surface area contributed by atoms with Crippen LogP contribution in [-0.2, 0) is 12.6 Å². The Hall–Kier alpha value is -3.63. The van der Waals surface area contributed by atoms with E-state index < -0.39 is 17.5 Å². The van der Waals surface area contributed by atoms with Crippen molar-refractivity contribution >= 4 is 22.6 Å². The van der Waals surface area contributed by atoms with Crippen LogP contribution in [0, 0.1) is 0 Å². The lowest BCUT2D eigenvalue weighted by atomic mass is 10.2. The van der Waals surface area contributed by atoms with Gasteiger partial charge in [-0.3, -0.25) is 9.20 Å². The fourth-order valence-electron chi connectivity index (χ4n) is 3.33. The van der Waals surface area contributed by atoms with Crippen molar-refractivity contribution < 1.29 is 23.1 Å². The summed E-state index contributed by atoms with van der Waals surface area (Å²) in [5.74, 6) is 0.302. The number of alkyl halides is 3. The van der Waals surface area contributed by atoms with Gasteiger partial charge in [0.25, 0.3) is 5.91 Å². The number of amides is 1. The van der Waals surface area contributed by atoms with E-state index in [1.54, 1.807) is 22.7 Å². The van der Waals surface area contributed by atoms with Gasteiger partial charge in [-0.1, -0.05) is 13.8 Å². The van der Waals surface area contributed by atoms with Gasteiger partial charge in [-0.2, -0.15) is 13.2 Å². The summed E-state index contributed by atoms with van der Waals surface area (Å²) in [5, 5.41) is 20.9. The van der Waals surface area contributed by atoms with E-state index in [1.165, 1.54) is 0 Å². The molecular formula is C20H19F3N6O2. The molecule has 31 heavy (non-hydrogen) atoms. The monoisotopic (exact) mass is 432 g/mol. The van der Waals surface area contributed by atoms with E-state index in [-0.39, 0.29) is 35.8 Å². The molecule has 11 heteroatoms. The number of halogens is 3. The molecule has 0 aliphatic rings. The van der Waals surface area contributed by atoms with E-state index in [1.807, 2.05) is 13.8 Å². The van der Waals surface area contributed by atoms with Gasteiger partial charge in [0.2, 0.25) is 0 Å². The molecule has 0 bridgehead atoms. The zero-order valence-corrected chi connectivity index (χ0v) is 16.7. The molecule has 3 heterocycles. The Labute approximate surface area is 174 Å². The third-order valence-electron chi connectivity index (χ3n) is 4.81. The number of carbonyl (C=O) groups is 1. The number of aromatic nitrogens is 5. The predicted octanol–water partition coefficient (Wildman–Crippen LogP) is 3.43. The Bertz CT molecular complexity index is 1280. The quantitative estimate of drug-likeness (QED) is 0.448. The Kier molecular flexibility index (Phi) is 5.03. The molecule has 3 aromatic heterocycles. The number of phenolic OH excluding ortho intramolecular Hbond substituents is 1. The summed E-state index contributed by atoms with van der Waals surface area (Å²) >= 11 is 0. The lowest BCUT2D eigenvalue weighted by Crippen LogP contribution is -2.26. The largest absolute Gasteiger partial charge is 0.506 e. The molecule has 3 N–H and O–H groups in total. The van der Waals surface area contributed by atoms with Gasteiger partial charge < -0.3 is 15.4 Å². The van der Waals surface area contributed by atoms with Crippen LogP contribution >= 0.6 is 0 Å². The van der Waals surface area contributed by atoms with Gasteiger partial charge in [0.1, 0.15) is 22.9 Å². The molecule has 0 atom stereocenters. The molecule has 0 saturated carbocycles. The van der Waals surface area contributed by atoms with Crippen molar-refractivity contribution in [3.05, 3.63) is 53.2 Å². The number of hydrogen-bond acceptors (Lipinski definition) is 5. The third-order valence-corrected chi connectivity index (χ3v) is 4.81. The summed E-state index contributed by atoms with van der Waals surface area (Å²) in [7, 11) is 0. The molecule has 162 valence electrons. The highest BCUT2D eigenvalue weighted by Gasteiger charge is 2.32. The zero-order valence-electron chi connectivity index (χ0n) is 16.7. The molecule has 0 unspecified atom stereocenters. The number of nitrogens with one attached hydrogen (secondary N) is 2. The SMILES string of the molecule is CC(C)c1nnc2c(C(=O)NCCc3nc4c(O)cc(C(F)(F)F)cc4[nH]3)cccn12. The molecule has 0 spiro atoms. The van der Waals surface area contributed by atoms with Crippen LogP contribution in [0.2, 0.25) is 0 Å². The normalized spacial score (nSPS) is 12.2. The van der Waals surface area contributed by atoms with Crippen LogP contribution in [-0.4, -0.2) is 42.1 Å². The van der Waals surface area contributed by atoms with Gasteiger partial charge >= 0.3 is 6.18 Å². The fraction of sp³-hybridized carbons (Fsp3) is 0.300. The number of carbonyl (C=O) groups excluding carboxylic acids is 1. The van der Waals surface area contributed by atoms with E-state index in [2.05, 4.69) is 25.5 Å². The van der Waals surface area contributed by atoms with Crippen LogP contribution in [0.1, 0.15) is 47.3 Å². The standard InChI is InChI=1S/C20H19F3N6O2/c1-10(2)17-27-28-18-12(4-3-7-29(17)18)19(31)24-6-5-15-25-13-8-11(20(21,22)23)9-14(30)16(13)26-15/h3-4,7-10,30H,5-6H2,1-2H3,(H,24,31)(H,25,26). The van der Waals surface area contributed by atoms with Crippen molar-refractivity contribution in [3.8, 4) is 5.75 Å². The number of aromatic amines is 1. The number of phenols is 1. The van der Waals surface area contributed by atoms with Crippen molar-refractivity contribution in [2.24, 2.45) is 0 Å². The van der Waals surface area contributed by atoms with E-state index >= 15 is 0 Å². The maximum absolute atomic E-state index is 12.9. The summed E-state index contributed by atoms with van der Waals surface area (Å²) < 4.78 is 40.5. The van der Waals surface area contributed by atoms with Gasteiger partial charge in [0.05, 0.1) is 16.6 Å². The molecule has 4 rings (SSSR count). The van der Waals surface area contributed by atoms with Crippen LogP contribution in [0.4, 0.5) is 13.2 Å². The summed E-state index contributed by atoms with van der Waals surface area (Å²) in [6, 6.07) is 4.90. The van der Waals surface area contributed by atoms with Gasteiger partial charge in [-0.25, -0.2) is 4.98 Å². The molecule has 1 aromatic carbocycles. The first-order valence-corrected chi connectivity index (χ1v) is 9.56. The fourth-order valence-corrected chi connectivity index (χ4v) is 3.33. The second-order valence-corrected chi connectivity index (χ2v) is 7.41. The maximum Gasteiger partial charge on any atom is 0.416 e. The maximum atomic E-state index is 12.9. The molecule has 0 saturated heterocycles. The molecule has 0 aliphatic carbocycles. The van der Waals surface area contributed by atoms with Crippen molar-refractivity contribution in [3.63, 3.8) is 0 Å². The number of fused-ring (bicyclic) bond motifs is 2. The zero-order chi connectivity index (χ0) is 22.3. The molecule has 0 aliphatic heterocycles. The molecule has 4 aromatic rings. The van der Waals surface area contributed by atoms with E-state index in [0.717, 1.165) is 11.9 Å². The predicted molar refractivity (Wildman–Crippen MR) is 106 cm³/mol. The second-order valence-electron chi connectivity index (χ2n) is 7.41. The Balaban J connectivity index is 1.48. The third kappa shape index (κ3) is 3.90. The van der Waals surface area contributed by atoms with Gasteiger partial charge in [-0.15, -0.1) is 10.2 Å². The highest BCUT2D eigenvalue weighted by Crippen LogP contribution is 2.35. The first-order valence-electron chi connectivity index (χ1n) is 9.56. The van der Waals surface area contributed by atoms with Crippen molar-refractivity contribution in [2.45, 2.75) is 32.4 Å². The van der Waals surface area contributed by atoms with E-state index in [0.29, 0.717) is 23.1 Å². The van der Waals surface area contributed by atoms with Crippen LogP contribution in [0.25, 0.3) is 16.7 Å². The lowest BCUT2D eigenvalue weighted by molar-refractivity contribution is -0.137. The number of rotatable bonds is 5. The lowest BCUT2D eigenvalue weighted by Gasteiger charge is -2.07. The first kappa shape index (κ1) is 20.6. The topological polar surface area (TPSA) is 108 Å². The minimum Gasteiger partial charge on any atom is -0.506 e. The second kappa shape index (κ2) is 7.56. The number of hydrogen-bond donors (Lipinski definition) is 3. The van der Waals surface area contributed by atoms with Gasteiger partial charge in [0.15, 0.2) is 5.65 Å². The Morgan fingerprint density at radius 3 is 2.77 bits per heavy atom. The van der Waals surface area contributed by atoms with Crippen molar-refractivity contribution in [2.75, 3.05) is 6.54 Å². The minimum atomic E-state index is -4.58. The summed E-state index contributed by atoms with van der Waals surface area (Å²) in [5.41, 5.74) is -0.0500. The van der Waals surface area contributed by atoms with Crippen LogP contribution in [0.3, 0.4) is 0 Å². The summed E-state index contributed by atoms with van der Waals surface area (Å²) in [4.78, 5) is 19.5. The van der Waals surface area contributed by atoms with Crippen molar-refractivity contribution in [1.29, 1.82) is 0 Å². The average molecular weight is 432 g/mol. The number of pyridine rings is 1. The molecule has 1 amide bonds. The number of aromatic hydroxyl groups is 1. The minimum absolute atomic E-state index is 0.0452. The van der Waals surface area contributed by atoms with Crippen LogP contribution in [0.15, 0.2) is 30.5 Å². The average Bonchev–Trinajstić information content (AvgIpc) is 3.31. The van der Waals surface area contributed by atoms with Gasteiger partial charge in [0, 0.05) is 25.1 Å². The highest BCUT2D eigenvalue weighted by atomic mass is 19.4. The molecule has 8 nitrogen and oxygen atoms in total. The van der Waals surface area contributed by atoms with E-state index in [9.17, 15) is 23.1 Å². The number of nitrogens with zero attached hydrogens (tertiary/aromatic N) is 4. The number of H-pyrrole nitrogens is 1. The molecular weight excluding hydrogens is 413 g/mol. The van der Waals surface area contributed by atoms with Crippen LogP contribution in [0.5, 0.6) is 5.75 Å². The van der Waals surface area contributed by atoms with Crippen molar-refractivity contribution in [1.82, 2.24) is 29.9 Å². The number of imidazole rings is 1. The smallest absolute Gasteiger partial charge is 0.416 e. The molecule has 0 fully saturated rings. The van der Waals surface area contributed by atoms with E-state index in [4.69, 9.17) is 0 Å².